The summed E-state index contributed by atoms with van der Waals surface area (Å²) in [6.45, 7) is 0. The standard InChI is InChI=1S/C13H14N4/c14-12(15)8-13(16)17-11-7-3-5-9-4-1-2-6-10(9)11/h1-7H,8H2,(H3,14,15)(H2,16,17). The molecule has 0 aromatic heterocycles. The third-order valence-electron chi connectivity index (χ3n) is 2.44. The van der Waals surface area contributed by atoms with Crippen LogP contribution in [0.3, 0.4) is 0 Å². The van der Waals surface area contributed by atoms with E-state index in [2.05, 4.69) is 5.32 Å². The maximum Gasteiger partial charge on any atom is 0.105 e. The molecule has 0 spiro atoms. The first kappa shape index (κ1) is 11.1. The summed E-state index contributed by atoms with van der Waals surface area (Å²) in [5.41, 5.74) is 6.13. The van der Waals surface area contributed by atoms with Gasteiger partial charge in [0.25, 0.3) is 0 Å². The van der Waals surface area contributed by atoms with Gasteiger partial charge < -0.3 is 11.1 Å². The first-order valence-electron chi connectivity index (χ1n) is 5.32. The van der Waals surface area contributed by atoms with Crippen molar-refractivity contribution in [2.45, 2.75) is 6.42 Å². The summed E-state index contributed by atoms with van der Waals surface area (Å²) in [7, 11) is 0. The van der Waals surface area contributed by atoms with Gasteiger partial charge in [0.2, 0.25) is 0 Å². The Morgan fingerprint density at radius 2 is 1.76 bits per heavy atom. The van der Waals surface area contributed by atoms with E-state index in [1.165, 1.54) is 0 Å². The Kier molecular flexibility index (Phi) is 3.05. The molecule has 0 amide bonds. The second kappa shape index (κ2) is 4.65. The number of nitrogens with one attached hydrogen (secondary N) is 3. The van der Waals surface area contributed by atoms with E-state index in [1.807, 2.05) is 42.5 Å². The van der Waals surface area contributed by atoms with Gasteiger partial charge in [-0.1, -0.05) is 36.4 Å². The third kappa shape index (κ3) is 2.60. The first-order chi connectivity index (χ1) is 8.16. The molecule has 0 fully saturated rings. The molecule has 17 heavy (non-hydrogen) atoms. The lowest BCUT2D eigenvalue weighted by molar-refractivity contribution is 1.30. The number of benzene rings is 2. The Labute approximate surface area is 99.5 Å². The zero-order valence-electron chi connectivity index (χ0n) is 9.33. The second-order valence-electron chi connectivity index (χ2n) is 3.83. The van der Waals surface area contributed by atoms with Crippen molar-refractivity contribution in [3.63, 3.8) is 0 Å². The van der Waals surface area contributed by atoms with Crippen LogP contribution in [0, 0.1) is 10.8 Å². The molecule has 2 aromatic carbocycles. The Morgan fingerprint density at radius 3 is 2.53 bits per heavy atom. The second-order valence-corrected chi connectivity index (χ2v) is 3.83. The maximum atomic E-state index is 7.70. The molecule has 0 radical (unpaired) electrons. The van der Waals surface area contributed by atoms with Crippen molar-refractivity contribution >= 4 is 28.1 Å². The lowest BCUT2D eigenvalue weighted by Crippen LogP contribution is -2.20. The van der Waals surface area contributed by atoms with E-state index in [0.29, 0.717) is 0 Å². The minimum absolute atomic E-state index is 0.0114. The van der Waals surface area contributed by atoms with Gasteiger partial charge in [0.05, 0.1) is 12.3 Å². The van der Waals surface area contributed by atoms with Crippen LogP contribution in [0.4, 0.5) is 5.69 Å². The smallest absolute Gasteiger partial charge is 0.105 e. The highest BCUT2D eigenvalue weighted by Crippen LogP contribution is 2.22. The number of rotatable bonds is 3. The van der Waals surface area contributed by atoms with E-state index < -0.39 is 0 Å². The van der Waals surface area contributed by atoms with Gasteiger partial charge in [0.1, 0.15) is 5.84 Å². The predicted octanol–water partition coefficient (Wildman–Crippen LogP) is 2.56. The molecule has 0 heterocycles. The maximum absolute atomic E-state index is 7.70. The molecule has 0 saturated heterocycles. The van der Waals surface area contributed by atoms with Gasteiger partial charge in [-0.05, 0) is 11.5 Å². The number of nitrogens with two attached hydrogens (primary N) is 1. The van der Waals surface area contributed by atoms with Crippen molar-refractivity contribution in [3.8, 4) is 0 Å². The minimum Gasteiger partial charge on any atom is -0.387 e. The van der Waals surface area contributed by atoms with Crippen LogP contribution < -0.4 is 11.1 Å². The van der Waals surface area contributed by atoms with Crippen LogP contribution in [-0.2, 0) is 0 Å². The minimum atomic E-state index is -0.0114. The fraction of sp³-hybridized carbons (Fsp3) is 0.0769. The fourth-order valence-electron chi connectivity index (χ4n) is 1.73. The van der Waals surface area contributed by atoms with Crippen LogP contribution in [0.15, 0.2) is 42.5 Å². The molecule has 4 nitrogen and oxygen atoms in total. The topological polar surface area (TPSA) is 85.8 Å². The molecule has 0 aliphatic carbocycles. The van der Waals surface area contributed by atoms with E-state index in [9.17, 15) is 0 Å². The molecule has 0 saturated carbocycles. The predicted molar refractivity (Wildman–Crippen MR) is 71.8 cm³/mol. The molecular formula is C13H14N4. The van der Waals surface area contributed by atoms with Gasteiger partial charge in [-0.3, -0.25) is 10.8 Å². The van der Waals surface area contributed by atoms with Crippen LogP contribution in [-0.4, -0.2) is 11.7 Å². The van der Waals surface area contributed by atoms with Crippen molar-refractivity contribution in [2.75, 3.05) is 5.32 Å². The first-order valence-corrected chi connectivity index (χ1v) is 5.32. The summed E-state index contributed by atoms with van der Waals surface area (Å²) in [5.74, 6) is 0.219. The number of hydrogen-bond donors (Lipinski definition) is 4. The van der Waals surface area contributed by atoms with Gasteiger partial charge in [0.15, 0.2) is 0 Å². The van der Waals surface area contributed by atoms with Crippen LogP contribution in [0.2, 0.25) is 0 Å². The van der Waals surface area contributed by atoms with Crippen molar-refractivity contribution in [1.82, 2.24) is 0 Å². The van der Waals surface area contributed by atoms with E-state index >= 15 is 0 Å². The molecule has 0 bridgehead atoms. The van der Waals surface area contributed by atoms with Crippen molar-refractivity contribution in [2.24, 2.45) is 5.73 Å². The van der Waals surface area contributed by atoms with E-state index in [0.717, 1.165) is 16.5 Å². The Morgan fingerprint density at radius 1 is 1.06 bits per heavy atom. The molecule has 5 N–H and O–H groups in total. The van der Waals surface area contributed by atoms with E-state index in [-0.39, 0.29) is 18.1 Å². The number of anilines is 1. The summed E-state index contributed by atoms with van der Waals surface area (Å²) in [6.07, 6.45) is 0.142. The third-order valence-corrected chi connectivity index (χ3v) is 2.44. The average molecular weight is 226 g/mol. The summed E-state index contributed by atoms with van der Waals surface area (Å²) in [6, 6.07) is 13.8. The monoisotopic (exact) mass is 226 g/mol. The molecular weight excluding hydrogens is 212 g/mol. The summed E-state index contributed by atoms with van der Waals surface area (Å²) in [4.78, 5) is 0. The molecule has 2 rings (SSSR count). The highest BCUT2D eigenvalue weighted by Gasteiger charge is 2.03. The summed E-state index contributed by atoms with van der Waals surface area (Å²) < 4.78 is 0. The molecule has 0 atom stereocenters. The van der Waals surface area contributed by atoms with Crippen LogP contribution >= 0.6 is 0 Å². The van der Waals surface area contributed by atoms with Crippen LogP contribution in [0.5, 0.6) is 0 Å². The van der Waals surface area contributed by atoms with Crippen LogP contribution in [0.25, 0.3) is 10.8 Å². The number of amidine groups is 2. The van der Waals surface area contributed by atoms with Gasteiger partial charge in [0, 0.05) is 11.1 Å². The van der Waals surface area contributed by atoms with Gasteiger partial charge in [-0.25, -0.2) is 0 Å². The SMILES string of the molecule is N=C(N)CC(=N)Nc1cccc2ccccc12. The Bertz CT molecular complexity index is 569. The molecule has 0 unspecified atom stereocenters. The normalized spacial score (nSPS) is 10.1. The lowest BCUT2D eigenvalue weighted by atomic mass is 10.1. The quantitative estimate of drug-likeness (QED) is 0.479. The van der Waals surface area contributed by atoms with Crippen molar-refractivity contribution in [3.05, 3.63) is 42.5 Å². The number of fused-ring (bicyclic) bond motifs is 1. The van der Waals surface area contributed by atoms with Crippen LogP contribution in [0.1, 0.15) is 6.42 Å². The van der Waals surface area contributed by atoms with E-state index in [1.54, 1.807) is 0 Å². The molecule has 4 heteroatoms. The van der Waals surface area contributed by atoms with Gasteiger partial charge in [-0.15, -0.1) is 0 Å². The van der Waals surface area contributed by atoms with Crippen molar-refractivity contribution < 1.29 is 0 Å². The zero-order valence-corrected chi connectivity index (χ0v) is 9.33. The van der Waals surface area contributed by atoms with E-state index in [4.69, 9.17) is 16.6 Å². The Balaban J connectivity index is 2.30. The van der Waals surface area contributed by atoms with Gasteiger partial charge in [-0.2, -0.15) is 0 Å². The zero-order chi connectivity index (χ0) is 12.3. The molecule has 0 aliphatic heterocycles. The molecule has 0 aliphatic rings. The molecule has 2 aromatic rings. The average Bonchev–Trinajstić information content (AvgIpc) is 2.28. The fourth-order valence-corrected chi connectivity index (χ4v) is 1.73. The summed E-state index contributed by atoms with van der Waals surface area (Å²) >= 11 is 0. The largest absolute Gasteiger partial charge is 0.387 e. The molecule has 86 valence electrons. The summed E-state index contributed by atoms with van der Waals surface area (Å²) in [5, 5.41) is 20.0. The Hall–Kier alpha value is -2.36. The highest BCUT2D eigenvalue weighted by molar-refractivity contribution is 6.09. The van der Waals surface area contributed by atoms with Gasteiger partial charge >= 0.3 is 0 Å². The lowest BCUT2D eigenvalue weighted by Gasteiger charge is -2.10. The number of hydrogen-bond acceptors (Lipinski definition) is 2. The van der Waals surface area contributed by atoms with Crippen molar-refractivity contribution in [1.29, 1.82) is 10.8 Å². The highest BCUT2D eigenvalue weighted by atomic mass is 14.9.